The zero-order valence-corrected chi connectivity index (χ0v) is 11.3. The first-order chi connectivity index (χ1) is 8.76. The topological polar surface area (TPSA) is 37.6 Å². The lowest BCUT2D eigenvalue weighted by Crippen LogP contribution is -2.40. The molecule has 0 N–H and O–H groups in total. The fourth-order valence-corrected chi connectivity index (χ4v) is 3.28. The van der Waals surface area contributed by atoms with Gasteiger partial charge in [0.1, 0.15) is 5.78 Å². The zero-order chi connectivity index (χ0) is 12.5. The third-order valence-corrected chi connectivity index (χ3v) is 4.40. The highest BCUT2D eigenvalue weighted by atomic mass is 32.1. The summed E-state index contributed by atoms with van der Waals surface area (Å²) in [5, 5.41) is 2.04. The van der Waals surface area contributed by atoms with Gasteiger partial charge < -0.3 is 0 Å². The molecule has 0 amide bonds. The highest BCUT2D eigenvalue weighted by molar-refractivity contribution is 7.15. The van der Waals surface area contributed by atoms with Gasteiger partial charge in [0.15, 0.2) is 4.96 Å². The van der Waals surface area contributed by atoms with E-state index in [1.807, 2.05) is 11.6 Å². The molecular weight excluding hydrogens is 246 g/mol. The summed E-state index contributed by atoms with van der Waals surface area (Å²) in [4.78, 5) is 19.7. The number of ketones is 1. The lowest BCUT2D eigenvalue weighted by molar-refractivity contribution is -0.126. The van der Waals surface area contributed by atoms with E-state index >= 15 is 0 Å². The van der Waals surface area contributed by atoms with E-state index in [2.05, 4.69) is 27.4 Å². The van der Waals surface area contributed by atoms with Crippen LogP contribution in [-0.2, 0) is 11.3 Å². The molecule has 3 rings (SSSR count). The molecule has 1 aliphatic rings. The van der Waals surface area contributed by atoms with Gasteiger partial charge in [-0.3, -0.25) is 14.1 Å². The van der Waals surface area contributed by atoms with Gasteiger partial charge in [0, 0.05) is 49.7 Å². The van der Waals surface area contributed by atoms with E-state index in [-0.39, 0.29) is 5.92 Å². The Morgan fingerprint density at radius 2 is 2.44 bits per heavy atom. The number of piperidine rings is 1. The second-order valence-corrected chi connectivity index (χ2v) is 5.75. The van der Waals surface area contributed by atoms with E-state index in [0.29, 0.717) is 12.2 Å². The number of aromatic nitrogens is 2. The second-order valence-electron chi connectivity index (χ2n) is 4.88. The summed E-state index contributed by atoms with van der Waals surface area (Å²) in [6.07, 6.45) is 5.77. The number of hydrogen-bond donors (Lipinski definition) is 0. The molecule has 1 fully saturated rings. The smallest absolute Gasteiger partial charge is 0.193 e. The maximum Gasteiger partial charge on any atom is 0.193 e. The summed E-state index contributed by atoms with van der Waals surface area (Å²) >= 11 is 1.65. The van der Waals surface area contributed by atoms with Crippen molar-refractivity contribution in [1.82, 2.24) is 14.3 Å². The number of carbonyl (C=O) groups is 1. The van der Waals surface area contributed by atoms with E-state index in [1.165, 1.54) is 0 Å². The van der Waals surface area contributed by atoms with E-state index in [0.717, 1.165) is 36.7 Å². The Bertz CT molecular complexity index is 531. The fraction of sp³-hybridized carbons (Fsp3) is 0.538. The predicted molar refractivity (Wildman–Crippen MR) is 71.8 cm³/mol. The maximum atomic E-state index is 11.7. The summed E-state index contributed by atoms with van der Waals surface area (Å²) in [7, 11) is 0. The second kappa shape index (κ2) is 4.82. The zero-order valence-electron chi connectivity index (χ0n) is 10.5. The molecule has 0 spiro atoms. The number of fused-ring (bicyclic) bond motifs is 1. The van der Waals surface area contributed by atoms with E-state index in [4.69, 9.17) is 0 Å². The number of rotatable bonds is 3. The highest BCUT2D eigenvalue weighted by Crippen LogP contribution is 2.19. The minimum atomic E-state index is 0.225. The molecule has 1 aliphatic heterocycles. The lowest BCUT2D eigenvalue weighted by Gasteiger charge is -2.30. The SMILES string of the molecule is CCC1CN(Cc2cn3ccsc3n2)CCC1=O. The molecule has 1 unspecified atom stereocenters. The molecule has 4 nitrogen and oxygen atoms in total. The van der Waals surface area contributed by atoms with Gasteiger partial charge >= 0.3 is 0 Å². The Balaban J connectivity index is 1.69. The third-order valence-electron chi connectivity index (χ3n) is 3.63. The van der Waals surface area contributed by atoms with Crippen LogP contribution in [0.3, 0.4) is 0 Å². The Morgan fingerprint density at radius 3 is 3.22 bits per heavy atom. The molecule has 2 aromatic rings. The van der Waals surface area contributed by atoms with Gasteiger partial charge in [0.2, 0.25) is 0 Å². The number of thiazole rings is 1. The molecule has 0 saturated carbocycles. The molecule has 0 bridgehead atoms. The largest absolute Gasteiger partial charge is 0.299 e. The number of hydrogen-bond acceptors (Lipinski definition) is 4. The van der Waals surface area contributed by atoms with Crippen molar-refractivity contribution in [1.29, 1.82) is 0 Å². The van der Waals surface area contributed by atoms with Gasteiger partial charge in [-0.05, 0) is 6.42 Å². The summed E-state index contributed by atoms with van der Waals surface area (Å²) in [6.45, 7) is 4.72. The van der Waals surface area contributed by atoms with Crippen LogP contribution in [0.15, 0.2) is 17.8 Å². The van der Waals surface area contributed by atoms with Gasteiger partial charge in [0.25, 0.3) is 0 Å². The number of nitrogens with zero attached hydrogens (tertiary/aromatic N) is 3. The van der Waals surface area contributed by atoms with Crippen LogP contribution in [0.25, 0.3) is 4.96 Å². The first kappa shape index (κ1) is 11.9. The van der Waals surface area contributed by atoms with Crippen LogP contribution in [0.4, 0.5) is 0 Å². The number of Topliss-reactive ketones (excluding diaryl/α,β-unsaturated/α-hetero) is 1. The van der Waals surface area contributed by atoms with Crippen LogP contribution >= 0.6 is 11.3 Å². The number of carbonyl (C=O) groups excluding carboxylic acids is 1. The van der Waals surface area contributed by atoms with Crippen molar-refractivity contribution in [3.8, 4) is 0 Å². The molecule has 0 radical (unpaired) electrons. The average molecular weight is 263 g/mol. The van der Waals surface area contributed by atoms with Crippen LogP contribution in [0.1, 0.15) is 25.5 Å². The van der Waals surface area contributed by atoms with Crippen LogP contribution in [-0.4, -0.2) is 33.2 Å². The molecule has 5 heteroatoms. The van der Waals surface area contributed by atoms with Crippen LogP contribution in [0, 0.1) is 5.92 Å². The average Bonchev–Trinajstić information content (AvgIpc) is 2.92. The summed E-state index contributed by atoms with van der Waals surface area (Å²) in [6, 6.07) is 0. The van der Waals surface area contributed by atoms with Gasteiger partial charge in [-0.25, -0.2) is 4.98 Å². The van der Waals surface area contributed by atoms with Crippen molar-refractivity contribution in [2.45, 2.75) is 26.3 Å². The standard InChI is InChI=1S/C13H17N3OS/c1-2-10-7-15(4-3-12(10)17)8-11-9-16-5-6-18-13(16)14-11/h5-6,9-10H,2-4,7-8H2,1H3. The monoisotopic (exact) mass is 263 g/mol. The summed E-state index contributed by atoms with van der Waals surface area (Å²) in [5.41, 5.74) is 1.10. The number of likely N-dealkylation sites (tertiary alicyclic amines) is 1. The Hall–Kier alpha value is -1.20. The highest BCUT2D eigenvalue weighted by Gasteiger charge is 2.25. The third kappa shape index (κ3) is 2.20. The van der Waals surface area contributed by atoms with Crippen molar-refractivity contribution in [2.75, 3.05) is 13.1 Å². The first-order valence-electron chi connectivity index (χ1n) is 6.42. The van der Waals surface area contributed by atoms with Gasteiger partial charge in [-0.1, -0.05) is 6.92 Å². The van der Waals surface area contributed by atoms with Crippen molar-refractivity contribution in [3.05, 3.63) is 23.5 Å². The molecule has 3 heterocycles. The molecular formula is C13H17N3OS. The quantitative estimate of drug-likeness (QED) is 0.852. The van der Waals surface area contributed by atoms with Crippen LogP contribution in [0.2, 0.25) is 0 Å². The molecule has 2 aromatic heterocycles. The molecule has 0 aliphatic carbocycles. The van der Waals surface area contributed by atoms with Crippen molar-refractivity contribution in [2.24, 2.45) is 5.92 Å². The van der Waals surface area contributed by atoms with Crippen molar-refractivity contribution < 1.29 is 4.79 Å². The minimum absolute atomic E-state index is 0.225. The molecule has 96 valence electrons. The van der Waals surface area contributed by atoms with Crippen LogP contribution < -0.4 is 0 Å². The van der Waals surface area contributed by atoms with Gasteiger partial charge in [-0.15, -0.1) is 11.3 Å². The van der Waals surface area contributed by atoms with E-state index < -0.39 is 0 Å². The van der Waals surface area contributed by atoms with Crippen molar-refractivity contribution >= 4 is 22.1 Å². The lowest BCUT2D eigenvalue weighted by atomic mass is 9.94. The van der Waals surface area contributed by atoms with E-state index in [9.17, 15) is 4.79 Å². The Kier molecular flexibility index (Phi) is 3.18. The minimum Gasteiger partial charge on any atom is -0.299 e. The van der Waals surface area contributed by atoms with Crippen LogP contribution in [0.5, 0.6) is 0 Å². The Morgan fingerprint density at radius 1 is 1.56 bits per heavy atom. The molecule has 1 atom stereocenters. The first-order valence-corrected chi connectivity index (χ1v) is 7.30. The summed E-state index contributed by atoms with van der Waals surface area (Å²) < 4.78 is 2.06. The maximum absolute atomic E-state index is 11.7. The molecule has 18 heavy (non-hydrogen) atoms. The normalized spacial score (nSPS) is 21.8. The molecule has 0 aromatic carbocycles. The van der Waals surface area contributed by atoms with E-state index in [1.54, 1.807) is 11.3 Å². The Labute approximate surface area is 110 Å². The number of imidazole rings is 1. The molecule has 1 saturated heterocycles. The van der Waals surface area contributed by atoms with Crippen molar-refractivity contribution in [3.63, 3.8) is 0 Å². The summed E-state index contributed by atoms with van der Waals surface area (Å²) in [5.74, 6) is 0.655. The predicted octanol–water partition coefficient (Wildman–Crippen LogP) is 2.20. The fourth-order valence-electron chi connectivity index (χ4n) is 2.56. The van der Waals surface area contributed by atoms with Gasteiger partial charge in [0.05, 0.1) is 5.69 Å². The van der Waals surface area contributed by atoms with Gasteiger partial charge in [-0.2, -0.15) is 0 Å².